The molecule has 0 aliphatic carbocycles. The van der Waals surface area contributed by atoms with Crippen molar-refractivity contribution in [3.05, 3.63) is 22.4 Å². The topological polar surface area (TPSA) is 40.6 Å². The van der Waals surface area contributed by atoms with Gasteiger partial charge in [0.1, 0.15) is 0 Å². The molecule has 3 atom stereocenters. The van der Waals surface area contributed by atoms with Crippen molar-refractivity contribution in [1.82, 2.24) is 9.80 Å². The maximum absolute atomic E-state index is 12.6. The summed E-state index contributed by atoms with van der Waals surface area (Å²) in [4.78, 5) is 30.0. The molecule has 5 heteroatoms. The number of carbonyl (C=O) groups is 2. The highest BCUT2D eigenvalue weighted by molar-refractivity contribution is 7.12. The number of hydrogen-bond acceptors (Lipinski definition) is 4. The fraction of sp³-hybridized carbons (Fsp3) is 0.684. The minimum atomic E-state index is 0.0914. The summed E-state index contributed by atoms with van der Waals surface area (Å²) >= 11 is 1.45. The highest BCUT2D eigenvalue weighted by atomic mass is 32.1. The van der Waals surface area contributed by atoms with E-state index in [1.165, 1.54) is 30.6 Å². The smallest absolute Gasteiger partial charge is 0.223 e. The minimum Gasteiger partial charge on any atom is -0.341 e. The second-order valence-electron chi connectivity index (χ2n) is 7.26. The normalized spacial score (nSPS) is 28.2. The maximum atomic E-state index is 12.6. The molecule has 0 radical (unpaired) electrons. The molecular weight excluding hydrogens is 320 g/mol. The van der Waals surface area contributed by atoms with E-state index in [0.29, 0.717) is 31.0 Å². The zero-order valence-electron chi connectivity index (χ0n) is 14.7. The number of piperidine rings is 1. The van der Waals surface area contributed by atoms with Gasteiger partial charge in [-0.1, -0.05) is 6.07 Å². The first-order valence-corrected chi connectivity index (χ1v) is 10.1. The van der Waals surface area contributed by atoms with E-state index in [9.17, 15) is 9.59 Å². The average Bonchev–Trinajstić information content (AvgIpc) is 3.23. The van der Waals surface area contributed by atoms with E-state index in [4.69, 9.17) is 0 Å². The molecule has 3 heterocycles. The van der Waals surface area contributed by atoms with Crippen LogP contribution in [-0.4, -0.2) is 52.7 Å². The minimum absolute atomic E-state index is 0.0914. The molecule has 1 amide bonds. The molecule has 0 N–H and O–H groups in total. The van der Waals surface area contributed by atoms with Gasteiger partial charge < -0.3 is 4.90 Å². The van der Waals surface area contributed by atoms with Gasteiger partial charge in [-0.15, -0.1) is 11.3 Å². The third-order valence-electron chi connectivity index (χ3n) is 5.55. The van der Waals surface area contributed by atoms with Gasteiger partial charge >= 0.3 is 0 Å². The van der Waals surface area contributed by atoms with E-state index < -0.39 is 0 Å². The Morgan fingerprint density at radius 1 is 1.17 bits per heavy atom. The van der Waals surface area contributed by atoms with Crippen LogP contribution in [0, 0.1) is 0 Å². The van der Waals surface area contributed by atoms with Gasteiger partial charge in [-0.05, 0) is 51.0 Å². The van der Waals surface area contributed by atoms with Gasteiger partial charge in [0.15, 0.2) is 5.78 Å². The quantitative estimate of drug-likeness (QED) is 0.764. The fourth-order valence-electron chi connectivity index (χ4n) is 4.30. The maximum Gasteiger partial charge on any atom is 0.223 e. The van der Waals surface area contributed by atoms with Gasteiger partial charge in [0, 0.05) is 44.1 Å². The molecule has 3 rings (SSSR count). The first-order chi connectivity index (χ1) is 11.6. The zero-order chi connectivity index (χ0) is 17.1. The number of thiophene rings is 1. The predicted octanol–water partition coefficient (Wildman–Crippen LogP) is 3.57. The summed E-state index contributed by atoms with van der Waals surface area (Å²) in [5.74, 6) is 0.234. The second-order valence-corrected chi connectivity index (χ2v) is 8.21. The third kappa shape index (κ3) is 3.89. The summed E-state index contributed by atoms with van der Waals surface area (Å²) in [5, 5.41) is 1.91. The highest BCUT2D eigenvalue weighted by Gasteiger charge is 2.36. The lowest BCUT2D eigenvalue weighted by molar-refractivity contribution is -0.133. The summed E-state index contributed by atoms with van der Waals surface area (Å²) in [6.07, 6.45) is 5.46. The molecular formula is C19H28N2O2S. The number of amides is 1. The van der Waals surface area contributed by atoms with E-state index in [1.54, 1.807) is 0 Å². The number of rotatable bonds is 5. The van der Waals surface area contributed by atoms with E-state index >= 15 is 0 Å². The average molecular weight is 349 g/mol. The number of hydrogen-bond donors (Lipinski definition) is 0. The number of carbonyl (C=O) groups excluding carboxylic acids is 2. The van der Waals surface area contributed by atoms with Crippen LogP contribution in [-0.2, 0) is 4.79 Å². The summed E-state index contributed by atoms with van der Waals surface area (Å²) in [6, 6.07) is 5.46. The summed E-state index contributed by atoms with van der Waals surface area (Å²) in [5.41, 5.74) is 0. The molecule has 0 saturated carbocycles. The summed E-state index contributed by atoms with van der Waals surface area (Å²) in [6.45, 7) is 6.30. The Labute approximate surface area is 148 Å². The molecule has 2 saturated heterocycles. The predicted molar refractivity (Wildman–Crippen MR) is 97.5 cm³/mol. The van der Waals surface area contributed by atoms with E-state index in [0.717, 1.165) is 24.4 Å². The Morgan fingerprint density at radius 3 is 2.58 bits per heavy atom. The van der Waals surface area contributed by atoms with Gasteiger partial charge in [-0.25, -0.2) is 0 Å². The van der Waals surface area contributed by atoms with Crippen LogP contribution in [0.3, 0.4) is 0 Å². The Kier molecular flexibility index (Phi) is 5.72. The molecule has 2 aliphatic heterocycles. The molecule has 0 bridgehead atoms. The van der Waals surface area contributed by atoms with Crippen molar-refractivity contribution >= 4 is 23.0 Å². The SMILES string of the molecule is C[C@@H]1CC[C@H](C)N1[C@@H]1CCCN(C(=O)CCC(=O)c2cccs2)C1. The zero-order valence-corrected chi connectivity index (χ0v) is 15.6. The standard InChI is InChI=1S/C19H28N2O2S/c1-14-7-8-15(2)21(14)16-5-3-11-20(13-16)19(23)10-9-17(22)18-6-4-12-24-18/h4,6,12,14-16H,3,5,7-11,13H2,1-2H3/t14-,15+,16-/m1/s1. The van der Waals surface area contributed by atoms with Gasteiger partial charge in [-0.3, -0.25) is 14.5 Å². The van der Waals surface area contributed by atoms with Crippen molar-refractivity contribution in [2.24, 2.45) is 0 Å². The lowest BCUT2D eigenvalue weighted by Crippen LogP contribution is -2.52. The molecule has 2 fully saturated rings. The van der Waals surface area contributed by atoms with E-state index in [1.807, 2.05) is 22.4 Å². The Hall–Kier alpha value is -1.20. The van der Waals surface area contributed by atoms with Crippen LogP contribution in [0.5, 0.6) is 0 Å². The van der Waals surface area contributed by atoms with Gasteiger partial charge in [0.05, 0.1) is 4.88 Å². The van der Waals surface area contributed by atoms with Crippen molar-refractivity contribution in [3.63, 3.8) is 0 Å². The van der Waals surface area contributed by atoms with Crippen molar-refractivity contribution in [3.8, 4) is 0 Å². The van der Waals surface area contributed by atoms with Crippen molar-refractivity contribution in [2.45, 2.75) is 70.5 Å². The van der Waals surface area contributed by atoms with Crippen LogP contribution in [0.1, 0.15) is 62.0 Å². The molecule has 24 heavy (non-hydrogen) atoms. The van der Waals surface area contributed by atoms with Crippen LogP contribution < -0.4 is 0 Å². The van der Waals surface area contributed by atoms with Crippen LogP contribution in [0.4, 0.5) is 0 Å². The number of likely N-dealkylation sites (tertiary alicyclic amines) is 2. The van der Waals surface area contributed by atoms with E-state index in [-0.39, 0.29) is 11.7 Å². The third-order valence-corrected chi connectivity index (χ3v) is 6.46. The summed E-state index contributed by atoms with van der Waals surface area (Å²) < 4.78 is 0. The lowest BCUT2D eigenvalue weighted by atomic mass is 10.0. The van der Waals surface area contributed by atoms with Crippen LogP contribution in [0.25, 0.3) is 0 Å². The molecule has 1 aromatic rings. The van der Waals surface area contributed by atoms with Gasteiger partial charge in [0.2, 0.25) is 5.91 Å². The Morgan fingerprint density at radius 2 is 1.92 bits per heavy atom. The number of nitrogens with zero attached hydrogens (tertiary/aromatic N) is 2. The van der Waals surface area contributed by atoms with Crippen LogP contribution in [0.15, 0.2) is 17.5 Å². The highest BCUT2D eigenvalue weighted by Crippen LogP contribution is 2.30. The van der Waals surface area contributed by atoms with Crippen molar-refractivity contribution < 1.29 is 9.59 Å². The first kappa shape index (κ1) is 17.6. The van der Waals surface area contributed by atoms with Crippen LogP contribution in [0.2, 0.25) is 0 Å². The molecule has 132 valence electrons. The molecule has 0 spiro atoms. The molecule has 0 unspecified atom stereocenters. The summed E-state index contributed by atoms with van der Waals surface area (Å²) in [7, 11) is 0. The second kappa shape index (κ2) is 7.79. The largest absolute Gasteiger partial charge is 0.341 e. The van der Waals surface area contributed by atoms with Crippen molar-refractivity contribution in [1.29, 1.82) is 0 Å². The number of Topliss-reactive ketones (excluding diaryl/α,β-unsaturated/α-hetero) is 1. The molecule has 1 aromatic heterocycles. The first-order valence-electron chi connectivity index (χ1n) is 9.18. The lowest BCUT2D eigenvalue weighted by Gasteiger charge is -2.41. The molecule has 2 aliphatic rings. The fourth-order valence-corrected chi connectivity index (χ4v) is 4.99. The molecule has 0 aromatic carbocycles. The van der Waals surface area contributed by atoms with E-state index in [2.05, 4.69) is 18.7 Å². The van der Waals surface area contributed by atoms with Gasteiger partial charge in [-0.2, -0.15) is 0 Å². The monoisotopic (exact) mass is 348 g/mol. The van der Waals surface area contributed by atoms with Gasteiger partial charge in [0.25, 0.3) is 0 Å². The van der Waals surface area contributed by atoms with Crippen LogP contribution >= 0.6 is 11.3 Å². The Balaban J connectivity index is 1.52. The number of ketones is 1. The Bertz CT molecular complexity index is 562. The van der Waals surface area contributed by atoms with Crippen molar-refractivity contribution in [2.75, 3.05) is 13.1 Å². The molecule has 4 nitrogen and oxygen atoms in total.